The molecule has 1 saturated carbocycles. The molecule has 0 bridgehead atoms. The minimum absolute atomic E-state index is 0.0122. The number of carbonyl (C=O) groups is 2. The maximum atomic E-state index is 12.6. The molecule has 1 atom stereocenters. The van der Waals surface area contributed by atoms with E-state index in [9.17, 15) is 9.59 Å². The van der Waals surface area contributed by atoms with Crippen LogP contribution in [0.4, 0.5) is 10.5 Å². The molecule has 0 radical (unpaired) electrons. The average molecular weight is 339 g/mol. The van der Waals surface area contributed by atoms with Crippen molar-refractivity contribution in [1.82, 2.24) is 5.32 Å². The number of ether oxygens (including phenoxy) is 1. The first-order valence-electron chi connectivity index (χ1n) is 8.18. The smallest absolute Gasteiger partial charge is 0.316 e. The SMILES string of the molecule is COc1ccc(C(NC(=O)c2ccc(NC(N)=O)cc2)C2CC2)cc1. The molecule has 2 aromatic rings. The predicted octanol–water partition coefficient (Wildman–Crippen LogP) is 3.07. The Morgan fingerprint density at radius 1 is 1.08 bits per heavy atom. The van der Waals surface area contributed by atoms with Crippen molar-refractivity contribution in [1.29, 1.82) is 0 Å². The van der Waals surface area contributed by atoms with Crippen LogP contribution < -0.4 is 21.1 Å². The van der Waals surface area contributed by atoms with Gasteiger partial charge in [-0.3, -0.25) is 4.79 Å². The lowest BCUT2D eigenvalue weighted by Crippen LogP contribution is -2.29. The Morgan fingerprint density at radius 3 is 2.24 bits per heavy atom. The van der Waals surface area contributed by atoms with Crippen LogP contribution in [0.15, 0.2) is 48.5 Å². The highest BCUT2D eigenvalue weighted by atomic mass is 16.5. The molecule has 4 N–H and O–H groups in total. The number of benzene rings is 2. The molecule has 1 aliphatic rings. The number of rotatable bonds is 6. The van der Waals surface area contributed by atoms with E-state index in [1.165, 1.54) is 0 Å². The van der Waals surface area contributed by atoms with Gasteiger partial charge in [0.15, 0.2) is 0 Å². The highest BCUT2D eigenvalue weighted by molar-refractivity contribution is 5.95. The average Bonchev–Trinajstić information content (AvgIpc) is 3.45. The van der Waals surface area contributed by atoms with Crippen molar-refractivity contribution in [3.63, 3.8) is 0 Å². The van der Waals surface area contributed by atoms with Gasteiger partial charge >= 0.3 is 6.03 Å². The van der Waals surface area contributed by atoms with Crippen LogP contribution >= 0.6 is 0 Å². The summed E-state index contributed by atoms with van der Waals surface area (Å²) in [4.78, 5) is 23.4. The Bertz CT molecular complexity index is 752. The Hall–Kier alpha value is -3.02. The molecule has 1 aliphatic carbocycles. The number of urea groups is 1. The van der Waals surface area contributed by atoms with Crippen molar-refractivity contribution < 1.29 is 14.3 Å². The van der Waals surface area contributed by atoms with Crippen LogP contribution in [0.3, 0.4) is 0 Å². The fourth-order valence-corrected chi connectivity index (χ4v) is 2.79. The molecule has 1 unspecified atom stereocenters. The summed E-state index contributed by atoms with van der Waals surface area (Å²) in [5.41, 5.74) is 7.24. The molecule has 0 spiro atoms. The number of amides is 3. The molecular weight excluding hydrogens is 318 g/mol. The lowest BCUT2D eigenvalue weighted by Gasteiger charge is -2.19. The molecule has 3 rings (SSSR count). The van der Waals surface area contributed by atoms with Gasteiger partial charge < -0.3 is 21.1 Å². The first kappa shape index (κ1) is 16.8. The van der Waals surface area contributed by atoms with E-state index in [4.69, 9.17) is 10.5 Å². The van der Waals surface area contributed by atoms with E-state index >= 15 is 0 Å². The number of anilines is 1. The summed E-state index contributed by atoms with van der Waals surface area (Å²) < 4.78 is 5.19. The van der Waals surface area contributed by atoms with Crippen molar-refractivity contribution in [2.24, 2.45) is 11.7 Å². The van der Waals surface area contributed by atoms with E-state index in [-0.39, 0.29) is 11.9 Å². The molecule has 0 saturated heterocycles. The molecule has 1 fully saturated rings. The van der Waals surface area contributed by atoms with Gasteiger partial charge in [0.1, 0.15) is 5.75 Å². The summed E-state index contributed by atoms with van der Waals surface area (Å²) >= 11 is 0. The Kier molecular flexibility index (Phi) is 4.88. The standard InChI is InChI=1S/C19H21N3O3/c1-25-16-10-6-13(7-11-16)17(12-2-3-12)22-18(23)14-4-8-15(9-5-14)21-19(20)24/h4-12,17H,2-3H2,1H3,(H,22,23)(H3,20,21,24). The zero-order valence-corrected chi connectivity index (χ0v) is 14.0. The number of nitrogens with one attached hydrogen (secondary N) is 2. The summed E-state index contributed by atoms with van der Waals surface area (Å²) in [6.45, 7) is 0. The van der Waals surface area contributed by atoms with Crippen molar-refractivity contribution in [2.45, 2.75) is 18.9 Å². The normalized spacial score (nSPS) is 14.4. The number of hydrogen-bond acceptors (Lipinski definition) is 3. The van der Waals surface area contributed by atoms with Gasteiger partial charge in [0.2, 0.25) is 0 Å². The topological polar surface area (TPSA) is 93.4 Å². The minimum Gasteiger partial charge on any atom is -0.497 e. The Morgan fingerprint density at radius 2 is 1.72 bits per heavy atom. The van der Waals surface area contributed by atoms with Crippen molar-refractivity contribution in [3.05, 3.63) is 59.7 Å². The van der Waals surface area contributed by atoms with E-state index in [0.717, 1.165) is 24.2 Å². The number of carbonyl (C=O) groups excluding carboxylic acids is 2. The second-order valence-electron chi connectivity index (χ2n) is 6.13. The Labute approximate surface area is 146 Å². The minimum atomic E-state index is -0.634. The van der Waals surface area contributed by atoms with Gasteiger partial charge in [0, 0.05) is 11.3 Å². The summed E-state index contributed by atoms with van der Waals surface area (Å²) in [5.74, 6) is 1.12. The first-order chi connectivity index (χ1) is 12.1. The van der Waals surface area contributed by atoms with Gasteiger partial charge in [-0.15, -0.1) is 0 Å². The maximum Gasteiger partial charge on any atom is 0.316 e. The van der Waals surface area contributed by atoms with Gasteiger partial charge in [-0.2, -0.15) is 0 Å². The molecule has 6 heteroatoms. The van der Waals surface area contributed by atoms with E-state index in [1.54, 1.807) is 31.4 Å². The van der Waals surface area contributed by atoms with Crippen LogP contribution in [0, 0.1) is 5.92 Å². The summed E-state index contributed by atoms with van der Waals surface area (Å²) in [6.07, 6.45) is 2.22. The van der Waals surface area contributed by atoms with Crippen LogP contribution in [0.2, 0.25) is 0 Å². The van der Waals surface area contributed by atoms with Crippen LogP contribution in [0.25, 0.3) is 0 Å². The third kappa shape index (κ3) is 4.29. The van der Waals surface area contributed by atoms with Crippen LogP contribution in [-0.4, -0.2) is 19.0 Å². The zero-order chi connectivity index (χ0) is 17.8. The number of nitrogens with two attached hydrogens (primary N) is 1. The molecule has 25 heavy (non-hydrogen) atoms. The lowest BCUT2D eigenvalue weighted by molar-refractivity contribution is 0.0931. The lowest BCUT2D eigenvalue weighted by atomic mass is 10.0. The molecule has 130 valence electrons. The van der Waals surface area contributed by atoms with Gasteiger partial charge in [0.25, 0.3) is 5.91 Å². The number of methoxy groups -OCH3 is 1. The molecule has 2 aromatic carbocycles. The predicted molar refractivity (Wildman–Crippen MR) is 95.6 cm³/mol. The second-order valence-corrected chi connectivity index (χ2v) is 6.13. The van der Waals surface area contributed by atoms with E-state index in [2.05, 4.69) is 10.6 Å². The molecule has 0 aromatic heterocycles. The fraction of sp³-hybridized carbons (Fsp3) is 0.263. The molecule has 0 heterocycles. The molecule has 0 aliphatic heterocycles. The largest absolute Gasteiger partial charge is 0.497 e. The highest BCUT2D eigenvalue weighted by Crippen LogP contribution is 2.41. The van der Waals surface area contributed by atoms with Crippen molar-refractivity contribution in [3.8, 4) is 5.75 Å². The monoisotopic (exact) mass is 339 g/mol. The van der Waals surface area contributed by atoms with E-state index in [0.29, 0.717) is 17.2 Å². The third-order valence-corrected chi connectivity index (χ3v) is 4.27. The quantitative estimate of drug-likeness (QED) is 0.755. The van der Waals surface area contributed by atoms with Gasteiger partial charge in [-0.25, -0.2) is 4.79 Å². The van der Waals surface area contributed by atoms with Crippen LogP contribution in [0.1, 0.15) is 34.8 Å². The number of hydrogen-bond donors (Lipinski definition) is 3. The van der Waals surface area contributed by atoms with Gasteiger partial charge in [0.05, 0.1) is 13.2 Å². The van der Waals surface area contributed by atoms with Crippen molar-refractivity contribution in [2.75, 3.05) is 12.4 Å². The van der Waals surface area contributed by atoms with Crippen LogP contribution in [0.5, 0.6) is 5.75 Å². The number of primary amides is 1. The van der Waals surface area contributed by atoms with E-state index < -0.39 is 6.03 Å². The maximum absolute atomic E-state index is 12.6. The summed E-state index contributed by atoms with van der Waals surface area (Å²) in [6, 6.07) is 13.8. The van der Waals surface area contributed by atoms with E-state index in [1.807, 2.05) is 24.3 Å². The first-order valence-corrected chi connectivity index (χ1v) is 8.18. The molecular formula is C19H21N3O3. The van der Waals surface area contributed by atoms with Gasteiger partial charge in [-0.05, 0) is 60.7 Å². The second kappa shape index (κ2) is 7.25. The van der Waals surface area contributed by atoms with Crippen LogP contribution in [-0.2, 0) is 0 Å². The molecule has 6 nitrogen and oxygen atoms in total. The molecule has 3 amide bonds. The zero-order valence-electron chi connectivity index (χ0n) is 14.0. The Balaban J connectivity index is 1.71. The van der Waals surface area contributed by atoms with Crippen molar-refractivity contribution >= 4 is 17.6 Å². The summed E-state index contributed by atoms with van der Waals surface area (Å²) in [7, 11) is 1.63. The fourth-order valence-electron chi connectivity index (χ4n) is 2.79. The van der Waals surface area contributed by atoms with Gasteiger partial charge in [-0.1, -0.05) is 12.1 Å². The summed E-state index contributed by atoms with van der Waals surface area (Å²) in [5, 5.41) is 5.59. The third-order valence-electron chi connectivity index (χ3n) is 4.27. The highest BCUT2D eigenvalue weighted by Gasteiger charge is 2.33.